The molecule has 0 radical (unpaired) electrons. The van der Waals surface area contributed by atoms with E-state index < -0.39 is 5.79 Å². The summed E-state index contributed by atoms with van der Waals surface area (Å²) in [6.45, 7) is 1.18. The monoisotopic (exact) mass is 205 g/mol. The van der Waals surface area contributed by atoms with Crippen molar-refractivity contribution in [3.8, 4) is 0 Å². The molecule has 2 nitrogen and oxygen atoms in total. The van der Waals surface area contributed by atoms with Gasteiger partial charge in [-0.05, 0) is 19.1 Å². The van der Waals surface area contributed by atoms with Crippen molar-refractivity contribution >= 4 is 29.0 Å². The quantitative estimate of drug-likeness (QED) is 0.415. The number of thiophene rings is 1. The number of nitrogens with zero attached hydrogens (tertiary/aromatic N) is 1. The van der Waals surface area contributed by atoms with Crippen molar-refractivity contribution in [2.45, 2.75) is 12.7 Å². The molecule has 1 unspecified atom stereocenters. The van der Waals surface area contributed by atoms with E-state index in [1.165, 1.54) is 19.1 Å². The Balaban J connectivity index is 3.04. The highest BCUT2D eigenvalue weighted by Gasteiger charge is 2.26. The molecule has 0 saturated carbocycles. The Morgan fingerprint density at radius 3 is 2.83 bits per heavy atom. The zero-order valence-corrected chi connectivity index (χ0v) is 7.75. The molecule has 0 amide bonds. The maximum Gasteiger partial charge on any atom is 0.243 e. The molecule has 0 bridgehead atoms. The first-order valence-corrected chi connectivity index (χ1v) is 4.29. The van der Waals surface area contributed by atoms with Gasteiger partial charge in [-0.2, -0.15) is 4.99 Å². The molecule has 0 N–H and O–H groups in total. The normalized spacial score (nSPS) is 14.9. The lowest BCUT2D eigenvalue weighted by molar-refractivity contribution is 0.211. The SMILES string of the molecule is CC(F)(N=C=O)c1ccc(Cl)s1. The van der Waals surface area contributed by atoms with Gasteiger partial charge in [0.2, 0.25) is 11.9 Å². The molecule has 12 heavy (non-hydrogen) atoms. The zero-order valence-electron chi connectivity index (χ0n) is 6.17. The molecular weight excluding hydrogens is 201 g/mol. The van der Waals surface area contributed by atoms with Crippen molar-refractivity contribution in [3.63, 3.8) is 0 Å². The molecule has 0 spiro atoms. The van der Waals surface area contributed by atoms with Crippen LogP contribution >= 0.6 is 22.9 Å². The molecule has 1 rings (SSSR count). The molecule has 5 heteroatoms. The van der Waals surface area contributed by atoms with E-state index in [0.717, 1.165) is 11.3 Å². The fourth-order valence-electron chi connectivity index (χ4n) is 0.700. The van der Waals surface area contributed by atoms with Crippen LogP contribution in [0.3, 0.4) is 0 Å². The average Bonchev–Trinajstić information content (AvgIpc) is 2.36. The van der Waals surface area contributed by atoms with Crippen molar-refractivity contribution in [2.75, 3.05) is 0 Å². The molecule has 1 aromatic rings. The van der Waals surface area contributed by atoms with Crippen LogP contribution in [-0.2, 0) is 10.6 Å². The third kappa shape index (κ3) is 1.91. The Hall–Kier alpha value is -0.700. The summed E-state index contributed by atoms with van der Waals surface area (Å²) in [5.41, 5.74) is 0. The lowest BCUT2D eigenvalue weighted by Crippen LogP contribution is -2.08. The number of hydrogen-bond donors (Lipinski definition) is 0. The summed E-state index contributed by atoms with van der Waals surface area (Å²) in [6, 6.07) is 3.05. The van der Waals surface area contributed by atoms with Crippen LogP contribution in [0.25, 0.3) is 0 Å². The second kappa shape index (κ2) is 3.35. The summed E-state index contributed by atoms with van der Waals surface area (Å²) in [5, 5.41) is 0. The lowest BCUT2D eigenvalue weighted by atomic mass is 10.2. The minimum absolute atomic E-state index is 0.302. The molecule has 0 aliphatic rings. The van der Waals surface area contributed by atoms with Crippen molar-refractivity contribution in [1.29, 1.82) is 0 Å². The van der Waals surface area contributed by atoms with Crippen LogP contribution in [0.15, 0.2) is 17.1 Å². The Morgan fingerprint density at radius 1 is 1.75 bits per heavy atom. The smallest absolute Gasteiger partial charge is 0.211 e. The van der Waals surface area contributed by atoms with Crippen LogP contribution in [0.2, 0.25) is 4.34 Å². The maximum absolute atomic E-state index is 13.4. The molecule has 0 aromatic carbocycles. The largest absolute Gasteiger partial charge is 0.243 e. The highest BCUT2D eigenvalue weighted by Crippen LogP contribution is 2.34. The summed E-state index contributed by atoms with van der Waals surface area (Å²) < 4.78 is 13.8. The first-order chi connectivity index (χ1) is 5.56. The Bertz CT molecular complexity index is 330. The highest BCUT2D eigenvalue weighted by molar-refractivity contribution is 7.16. The molecule has 0 saturated heterocycles. The number of aliphatic imine (C=N–C) groups is 1. The first kappa shape index (κ1) is 9.39. The van der Waals surface area contributed by atoms with Gasteiger partial charge in [-0.15, -0.1) is 11.3 Å². The summed E-state index contributed by atoms with van der Waals surface area (Å²) in [6.07, 6.45) is 1.18. The predicted molar refractivity (Wildman–Crippen MR) is 45.9 cm³/mol. The van der Waals surface area contributed by atoms with Gasteiger partial charge in [-0.25, -0.2) is 9.18 Å². The topological polar surface area (TPSA) is 29.4 Å². The third-order valence-electron chi connectivity index (χ3n) is 1.28. The van der Waals surface area contributed by atoms with Gasteiger partial charge in [0.1, 0.15) is 0 Å². The van der Waals surface area contributed by atoms with Gasteiger partial charge < -0.3 is 0 Å². The van der Waals surface area contributed by atoms with Gasteiger partial charge in [0, 0.05) is 0 Å². The minimum Gasteiger partial charge on any atom is -0.211 e. The van der Waals surface area contributed by atoms with Crippen LogP contribution in [0.5, 0.6) is 0 Å². The fraction of sp³-hybridized carbons (Fsp3) is 0.286. The van der Waals surface area contributed by atoms with Crippen LogP contribution < -0.4 is 0 Å². The maximum atomic E-state index is 13.4. The van der Waals surface area contributed by atoms with E-state index in [4.69, 9.17) is 11.6 Å². The van der Waals surface area contributed by atoms with Crippen molar-refractivity contribution < 1.29 is 9.18 Å². The van der Waals surface area contributed by atoms with Gasteiger partial charge in [0.15, 0.2) is 0 Å². The molecule has 1 atom stereocenters. The van der Waals surface area contributed by atoms with Gasteiger partial charge in [-0.1, -0.05) is 11.6 Å². The third-order valence-corrected chi connectivity index (χ3v) is 2.70. The van der Waals surface area contributed by atoms with Gasteiger partial charge in [-0.3, -0.25) is 0 Å². The standard InChI is InChI=1S/C7H5ClFNOS/c1-7(9,10-4-11)5-2-3-6(8)12-5/h2-3H,1H3. The van der Waals surface area contributed by atoms with Crippen molar-refractivity contribution in [1.82, 2.24) is 0 Å². The Labute approximate surface area is 77.7 Å². The van der Waals surface area contributed by atoms with Crippen LogP contribution in [0.4, 0.5) is 4.39 Å². The van der Waals surface area contributed by atoms with Gasteiger partial charge in [0.25, 0.3) is 0 Å². The van der Waals surface area contributed by atoms with E-state index in [-0.39, 0.29) is 0 Å². The number of hydrogen-bond acceptors (Lipinski definition) is 3. The van der Waals surface area contributed by atoms with E-state index in [0.29, 0.717) is 9.21 Å². The fourth-order valence-corrected chi connectivity index (χ4v) is 1.73. The molecular formula is C7H5ClFNOS. The van der Waals surface area contributed by atoms with Crippen LogP contribution in [-0.4, -0.2) is 6.08 Å². The zero-order chi connectivity index (χ0) is 9.19. The number of carbonyl (C=O) groups excluding carboxylic acids is 1. The lowest BCUT2D eigenvalue weighted by Gasteiger charge is -2.08. The molecule has 64 valence electrons. The van der Waals surface area contributed by atoms with E-state index in [2.05, 4.69) is 4.99 Å². The summed E-state index contributed by atoms with van der Waals surface area (Å²) in [7, 11) is 0. The second-order valence-electron chi connectivity index (χ2n) is 2.26. The number of halogens is 2. The molecule has 0 aliphatic heterocycles. The first-order valence-electron chi connectivity index (χ1n) is 3.10. The van der Waals surface area contributed by atoms with Crippen LogP contribution in [0, 0.1) is 0 Å². The predicted octanol–water partition coefficient (Wildman–Crippen LogP) is 2.88. The molecule has 0 aliphatic carbocycles. The van der Waals surface area contributed by atoms with E-state index in [9.17, 15) is 9.18 Å². The summed E-state index contributed by atoms with van der Waals surface area (Å²) in [5.74, 6) is -2.00. The second-order valence-corrected chi connectivity index (χ2v) is 3.98. The number of isocyanates is 1. The van der Waals surface area contributed by atoms with Crippen molar-refractivity contribution in [3.05, 3.63) is 21.3 Å². The number of rotatable bonds is 2. The number of alkyl halides is 1. The summed E-state index contributed by atoms with van der Waals surface area (Å²) >= 11 is 6.63. The van der Waals surface area contributed by atoms with E-state index in [1.54, 1.807) is 6.07 Å². The minimum atomic E-state index is -2.00. The molecule has 1 aromatic heterocycles. The highest BCUT2D eigenvalue weighted by atomic mass is 35.5. The summed E-state index contributed by atoms with van der Waals surface area (Å²) in [4.78, 5) is 13.2. The average molecular weight is 206 g/mol. The van der Waals surface area contributed by atoms with Gasteiger partial charge in [0.05, 0.1) is 9.21 Å². The molecule has 0 fully saturated rings. The van der Waals surface area contributed by atoms with E-state index in [1.807, 2.05) is 0 Å². The van der Waals surface area contributed by atoms with E-state index >= 15 is 0 Å². The Morgan fingerprint density at radius 2 is 2.42 bits per heavy atom. The van der Waals surface area contributed by atoms with Crippen LogP contribution in [0.1, 0.15) is 11.8 Å². The van der Waals surface area contributed by atoms with Crippen molar-refractivity contribution in [2.24, 2.45) is 4.99 Å². The van der Waals surface area contributed by atoms with Gasteiger partial charge >= 0.3 is 0 Å². The molecule has 1 heterocycles. The Kier molecular flexibility index (Phi) is 2.62.